The highest BCUT2D eigenvalue weighted by Crippen LogP contribution is 2.57. The van der Waals surface area contributed by atoms with Gasteiger partial charge in [-0.1, -0.05) is 43.7 Å². The fraction of sp³-hybridized carbons (Fsp3) is 0.625. The molecule has 2 aromatic rings. The lowest BCUT2D eigenvalue weighted by Gasteiger charge is -2.33. The molecule has 0 radical (unpaired) electrons. The number of Topliss-reactive ketones (excluding diaryl/α,β-unsaturated/α-hetero) is 1. The third kappa shape index (κ3) is 9.79. The molecular weight excluding hydrogens is 829 g/mol. The van der Waals surface area contributed by atoms with Crippen LogP contribution in [0.25, 0.3) is 10.8 Å². The second-order valence-electron chi connectivity index (χ2n) is 16.9. The van der Waals surface area contributed by atoms with E-state index >= 15 is 0 Å². The summed E-state index contributed by atoms with van der Waals surface area (Å²) >= 11 is 6.38. The summed E-state index contributed by atoms with van der Waals surface area (Å²) in [7, 11) is -3.99. The number of ketones is 1. The Labute approximate surface area is 343 Å². The van der Waals surface area contributed by atoms with Crippen molar-refractivity contribution in [2.75, 3.05) is 6.54 Å². The molecule has 2 saturated carbocycles. The Morgan fingerprint density at radius 3 is 2.47 bits per heavy atom. The zero-order valence-electron chi connectivity index (χ0n) is 32.9. The number of hydrogen-bond acceptors (Lipinski definition) is 10. The van der Waals surface area contributed by atoms with Crippen molar-refractivity contribution >= 4 is 56.0 Å². The molecular formula is C40H47ClF5N3O9S. The number of carbonyl (C=O) groups excluding carboxylic acids is 4. The van der Waals surface area contributed by atoms with Crippen molar-refractivity contribution in [3.8, 4) is 11.6 Å². The number of ether oxygens (including phenoxy) is 3. The molecule has 1 aromatic heterocycles. The number of hydrogen-bond donors (Lipinski definition) is 1. The number of nitrogens with one attached hydrogen (secondary N) is 1. The molecule has 12 nitrogen and oxygen atoms in total. The molecule has 4 aliphatic rings. The fourth-order valence-electron chi connectivity index (χ4n) is 8.19. The number of fused-ring (bicyclic) bond motifs is 3. The average molecular weight is 876 g/mol. The topological polar surface area (TPSA) is 158 Å². The van der Waals surface area contributed by atoms with Crippen LogP contribution in [0.3, 0.4) is 0 Å². The molecule has 19 heteroatoms. The van der Waals surface area contributed by atoms with E-state index in [2.05, 4.69) is 14.4 Å². The molecule has 3 heterocycles. The van der Waals surface area contributed by atoms with E-state index in [0.29, 0.717) is 46.0 Å². The first-order valence-corrected chi connectivity index (χ1v) is 21.5. The molecule has 2 aliphatic carbocycles. The van der Waals surface area contributed by atoms with Crippen molar-refractivity contribution in [2.24, 2.45) is 29.1 Å². The number of aromatic nitrogens is 1. The van der Waals surface area contributed by atoms with Gasteiger partial charge in [-0.2, -0.15) is 22.0 Å². The van der Waals surface area contributed by atoms with Crippen LogP contribution in [0.4, 0.5) is 22.0 Å². The van der Waals surface area contributed by atoms with Gasteiger partial charge >= 0.3 is 18.8 Å². The van der Waals surface area contributed by atoms with Crippen LogP contribution in [-0.4, -0.2) is 84.2 Å². The SMILES string of the molecule is C[C@@H]1CC/C=C\[C@@H]2C[C@@]2(C(=O)NS(=O)(=O)C2CC2)CC(=O)[C@@H]2C[C@@H](Oc3ncc(OC(F)F)c4c(Cl)cccc34)CN2C(=O)[C@@H](CC(=O)OC(C)(C)C(F)(F)F)[C@H](C)C1. The van der Waals surface area contributed by atoms with Crippen LogP contribution in [0.2, 0.25) is 5.02 Å². The number of pyridine rings is 1. The van der Waals surface area contributed by atoms with E-state index < -0.39 is 105 Å². The molecule has 7 atom stereocenters. The third-order valence-corrected chi connectivity index (χ3v) is 14.0. The predicted molar refractivity (Wildman–Crippen MR) is 204 cm³/mol. The first-order chi connectivity index (χ1) is 27.5. The van der Waals surface area contributed by atoms with Crippen LogP contribution in [-0.2, 0) is 33.9 Å². The number of alkyl halides is 5. The first kappa shape index (κ1) is 44.5. The number of nitrogens with zero attached hydrogens (tertiary/aromatic N) is 2. The number of benzene rings is 1. The lowest BCUT2D eigenvalue weighted by atomic mass is 9.82. The summed E-state index contributed by atoms with van der Waals surface area (Å²) in [5.41, 5.74) is -4.30. The Balaban J connectivity index is 1.36. The summed E-state index contributed by atoms with van der Waals surface area (Å²) in [4.78, 5) is 61.8. The molecule has 0 unspecified atom stereocenters. The van der Waals surface area contributed by atoms with Crippen molar-refractivity contribution in [3.63, 3.8) is 0 Å². The summed E-state index contributed by atoms with van der Waals surface area (Å²) in [6.07, 6.45) is -0.0994. The number of halogens is 6. The average Bonchev–Trinajstić information content (AvgIpc) is 4.05. The van der Waals surface area contributed by atoms with Crippen molar-refractivity contribution in [2.45, 2.75) is 121 Å². The van der Waals surface area contributed by atoms with Crippen LogP contribution in [0.5, 0.6) is 11.6 Å². The molecule has 1 aromatic carbocycles. The molecule has 2 aliphatic heterocycles. The van der Waals surface area contributed by atoms with Gasteiger partial charge in [-0.3, -0.25) is 23.9 Å². The highest BCUT2D eigenvalue weighted by molar-refractivity contribution is 7.90. The van der Waals surface area contributed by atoms with Crippen molar-refractivity contribution in [1.29, 1.82) is 0 Å². The highest BCUT2D eigenvalue weighted by Gasteiger charge is 2.62. The molecule has 0 bridgehead atoms. The van der Waals surface area contributed by atoms with E-state index in [0.717, 1.165) is 6.20 Å². The molecule has 0 spiro atoms. The van der Waals surface area contributed by atoms with Gasteiger partial charge in [0.05, 0.1) is 46.8 Å². The maximum atomic E-state index is 14.8. The van der Waals surface area contributed by atoms with Crippen LogP contribution < -0.4 is 14.2 Å². The van der Waals surface area contributed by atoms with Gasteiger partial charge in [0.1, 0.15) is 6.10 Å². The molecule has 3 fully saturated rings. The summed E-state index contributed by atoms with van der Waals surface area (Å²) in [5, 5.41) is -0.432. The number of rotatable bonds is 10. The van der Waals surface area contributed by atoms with Crippen LogP contribution >= 0.6 is 11.6 Å². The van der Waals surface area contributed by atoms with E-state index in [1.54, 1.807) is 13.0 Å². The molecule has 59 heavy (non-hydrogen) atoms. The van der Waals surface area contributed by atoms with Gasteiger partial charge in [0.25, 0.3) is 0 Å². The molecule has 1 N–H and O–H groups in total. The van der Waals surface area contributed by atoms with Crippen LogP contribution in [0.1, 0.15) is 85.5 Å². The Morgan fingerprint density at radius 1 is 1.10 bits per heavy atom. The Bertz CT molecular complexity index is 2120. The second kappa shape index (κ2) is 16.8. The standard InChI is InChI=1S/C40H47ClF5N3O9S/c1-21-8-5-6-9-23-17-39(23,36(53)48-59(54,55)25-12-13-25)18-30(50)29-15-24(56-34-26-10-7-11-28(41)33(26)31(19-47-34)57-37(42)43)20-49(29)35(52)27(22(2)14-21)16-32(51)58-38(3,4)40(44,45)46/h6-7,9-11,19,21-25,27,29,37H,5,8,12-18,20H2,1-4H3,(H,48,53)/b9-6-/t21-,22-,23-,24-,27+,29+,39-/m1/s1. The number of sulfonamides is 1. The lowest BCUT2D eigenvalue weighted by Crippen LogP contribution is -2.48. The van der Waals surface area contributed by atoms with E-state index in [4.69, 9.17) is 21.1 Å². The minimum Gasteiger partial charge on any atom is -0.472 e. The summed E-state index contributed by atoms with van der Waals surface area (Å²) in [5.74, 6) is -6.20. The van der Waals surface area contributed by atoms with E-state index in [-0.39, 0.29) is 52.7 Å². The van der Waals surface area contributed by atoms with Crippen LogP contribution in [0.15, 0.2) is 36.5 Å². The van der Waals surface area contributed by atoms with Gasteiger partial charge in [-0.25, -0.2) is 13.4 Å². The number of amides is 2. The van der Waals surface area contributed by atoms with Gasteiger partial charge in [-0.05, 0) is 82.3 Å². The van der Waals surface area contributed by atoms with Gasteiger partial charge in [0.15, 0.2) is 11.5 Å². The maximum absolute atomic E-state index is 14.8. The van der Waals surface area contributed by atoms with Gasteiger partial charge in [-0.15, -0.1) is 0 Å². The van der Waals surface area contributed by atoms with Crippen LogP contribution in [0, 0.1) is 29.1 Å². The fourth-order valence-corrected chi connectivity index (χ4v) is 9.84. The monoisotopic (exact) mass is 875 g/mol. The van der Waals surface area contributed by atoms with Crippen molar-refractivity contribution in [1.82, 2.24) is 14.6 Å². The van der Waals surface area contributed by atoms with Crippen molar-refractivity contribution in [3.05, 3.63) is 41.6 Å². The normalized spacial score (nSPS) is 28.9. The van der Waals surface area contributed by atoms with Gasteiger partial charge in [0, 0.05) is 23.6 Å². The largest absolute Gasteiger partial charge is 0.472 e. The smallest absolute Gasteiger partial charge is 0.427 e. The Morgan fingerprint density at radius 2 is 1.81 bits per heavy atom. The van der Waals surface area contributed by atoms with Gasteiger partial charge in [0.2, 0.25) is 33.3 Å². The molecule has 6 rings (SSSR count). The number of allylic oxidation sites excluding steroid dienone is 2. The van der Waals surface area contributed by atoms with E-state index in [1.807, 2.05) is 13.0 Å². The summed E-state index contributed by atoms with van der Waals surface area (Å²) in [6, 6.07) is 3.18. The minimum atomic E-state index is -4.91. The Kier molecular flexibility index (Phi) is 12.6. The summed E-state index contributed by atoms with van der Waals surface area (Å²) < 4.78 is 112. The maximum Gasteiger partial charge on any atom is 0.427 e. The summed E-state index contributed by atoms with van der Waals surface area (Å²) in [6.45, 7) is 1.55. The first-order valence-electron chi connectivity index (χ1n) is 19.6. The number of esters is 1. The molecule has 324 valence electrons. The predicted octanol–water partition coefficient (Wildman–Crippen LogP) is 7.31. The van der Waals surface area contributed by atoms with Gasteiger partial charge < -0.3 is 19.1 Å². The minimum absolute atomic E-state index is 0.0380. The third-order valence-electron chi connectivity index (χ3n) is 11.9. The van der Waals surface area contributed by atoms with E-state index in [1.165, 1.54) is 23.1 Å². The lowest BCUT2D eigenvalue weighted by molar-refractivity contribution is -0.257. The molecule has 1 saturated heterocycles. The van der Waals surface area contributed by atoms with E-state index in [9.17, 15) is 49.5 Å². The molecule has 2 amide bonds. The zero-order valence-corrected chi connectivity index (χ0v) is 34.5. The number of carbonyl (C=O) groups is 4. The Hall–Kier alpha value is -4.06. The van der Waals surface area contributed by atoms with Crippen molar-refractivity contribution < 1.29 is 63.8 Å². The quantitative estimate of drug-likeness (QED) is 0.146. The second-order valence-corrected chi connectivity index (χ2v) is 19.2. The highest BCUT2D eigenvalue weighted by atomic mass is 35.5. The zero-order chi connectivity index (χ0) is 43.2.